The average Bonchev–Trinajstić information content (AvgIpc) is 3.36. The van der Waals surface area contributed by atoms with Crippen LogP contribution in [0, 0.1) is 0 Å². The Kier molecular flexibility index (Phi) is 4.19. The normalized spacial score (nSPS) is 17.6. The van der Waals surface area contributed by atoms with Gasteiger partial charge in [-0.1, -0.05) is 11.3 Å². The highest BCUT2D eigenvalue weighted by Gasteiger charge is 2.30. The first-order valence-corrected chi connectivity index (χ1v) is 10.1. The Morgan fingerprint density at radius 3 is 2.63 bits per heavy atom. The minimum Gasteiger partial charge on any atom is -0.339 e. The number of fused-ring (bicyclic) bond motifs is 1. The van der Waals surface area contributed by atoms with E-state index >= 15 is 0 Å². The fourth-order valence-corrected chi connectivity index (χ4v) is 4.19. The molecule has 2 fully saturated rings. The minimum absolute atomic E-state index is 0.178. The molecule has 1 aliphatic carbocycles. The fraction of sp³-hybridized carbons (Fsp3) is 0.529. The summed E-state index contributed by atoms with van der Waals surface area (Å²) in [7, 11) is 0. The third-order valence-electron chi connectivity index (χ3n) is 5.02. The molecule has 1 aliphatic heterocycles. The maximum absolute atomic E-state index is 12.6. The molecule has 5 rings (SSSR count). The molecule has 0 radical (unpaired) electrons. The molecule has 0 N–H and O–H groups in total. The summed E-state index contributed by atoms with van der Waals surface area (Å²) in [6.07, 6.45) is 6.96. The highest BCUT2D eigenvalue weighted by Crippen LogP contribution is 2.39. The molecule has 4 heterocycles. The molecule has 3 aromatic rings. The fourth-order valence-electron chi connectivity index (χ4n) is 3.35. The predicted molar refractivity (Wildman–Crippen MR) is 99.8 cm³/mol. The van der Waals surface area contributed by atoms with Gasteiger partial charge in [-0.15, -0.1) is 10.2 Å². The number of carbonyl (C=O) groups is 1. The molecule has 0 atom stereocenters. The Morgan fingerprint density at radius 2 is 1.89 bits per heavy atom. The molecule has 0 aromatic carbocycles. The van der Waals surface area contributed by atoms with Gasteiger partial charge in [-0.3, -0.25) is 4.79 Å². The van der Waals surface area contributed by atoms with E-state index in [9.17, 15) is 4.79 Å². The molecular formula is C17H20N8OS. The molecule has 1 saturated carbocycles. The quantitative estimate of drug-likeness (QED) is 0.651. The molecule has 0 bridgehead atoms. The van der Waals surface area contributed by atoms with Crippen molar-refractivity contribution in [1.29, 1.82) is 0 Å². The van der Waals surface area contributed by atoms with Gasteiger partial charge in [0.05, 0.1) is 0 Å². The number of nitrogens with zero attached hydrogens (tertiary/aromatic N) is 8. The molecule has 9 nitrogen and oxygen atoms in total. The topological polar surface area (TPSA) is 92.4 Å². The monoisotopic (exact) mass is 384 g/mol. The molecule has 0 spiro atoms. The van der Waals surface area contributed by atoms with Crippen LogP contribution in [0.4, 0.5) is 5.95 Å². The molecule has 27 heavy (non-hydrogen) atoms. The van der Waals surface area contributed by atoms with Gasteiger partial charge in [0.25, 0.3) is 0 Å². The first kappa shape index (κ1) is 16.5. The molecular weight excluding hydrogens is 364 g/mol. The standard InChI is InChI=1S/C17H20N8OS/c26-14(23-8-10-24(11-9-23)16-18-6-1-7-19-16)5-4-13-22-25-15(12-2-3-12)20-21-17(25)27-13/h1,6-7,12H,2-5,8-11H2. The molecule has 1 amide bonds. The van der Waals surface area contributed by atoms with Gasteiger partial charge in [0.2, 0.25) is 16.8 Å². The number of rotatable bonds is 5. The summed E-state index contributed by atoms with van der Waals surface area (Å²) in [5.74, 6) is 2.40. The maximum Gasteiger partial charge on any atom is 0.234 e. The van der Waals surface area contributed by atoms with Crippen LogP contribution < -0.4 is 4.90 Å². The lowest BCUT2D eigenvalue weighted by Gasteiger charge is -2.34. The van der Waals surface area contributed by atoms with Gasteiger partial charge < -0.3 is 9.80 Å². The van der Waals surface area contributed by atoms with E-state index in [1.807, 2.05) is 15.5 Å². The van der Waals surface area contributed by atoms with E-state index in [-0.39, 0.29) is 5.91 Å². The Hall–Kier alpha value is -2.62. The van der Waals surface area contributed by atoms with E-state index in [1.165, 1.54) is 24.2 Å². The van der Waals surface area contributed by atoms with Crippen molar-refractivity contribution in [2.75, 3.05) is 31.1 Å². The smallest absolute Gasteiger partial charge is 0.234 e. The van der Waals surface area contributed by atoms with Crippen LogP contribution in [0.25, 0.3) is 4.96 Å². The molecule has 1 saturated heterocycles. The Labute approximate surface area is 160 Å². The van der Waals surface area contributed by atoms with Crippen molar-refractivity contribution in [3.05, 3.63) is 29.3 Å². The van der Waals surface area contributed by atoms with Gasteiger partial charge in [0.1, 0.15) is 5.01 Å². The second kappa shape index (κ2) is 6.84. The maximum atomic E-state index is 12.6. The van der Waals surface area contributed by atoms with Gasteiger partial charge in [-0.25, -0.2) is 9.97 Å². The van der Waals surface area contributed by atoms with Crippen molar-refractivity contribution in [2.45, 2.75) is 31.6 Å². The van der Waals surface area contributed by atoms with Crippen LogP contribution in [0.3, 0.4) is 0 Å². The van der Waals surface area contributed by atoms with Gasteiger partial charge in [-0.2, -0.15) is 9.61 Å². The Bertz CT molecular complexity index is 942. The average molecular weight is 384 g/mol. The third kappa shape index (κ3) is 3.36. The van der Waals surface area contributed by atoms with Crippen LogP contribution >= 0.6 is 11.3 Å². The third-order valence-corrected chi connectivity index (χ3v) is 5.98. The van der Waals surface area contributed by atoms with Gasteiger partial charge in [0, 0.05) is 57.3 Å². The SMILES string of the molecule is O=C(CCc1nn2c(C3CC3)nnc2s1)N1CCN(c2ncccn2)CC1. The van der Waals surface area contributed by atoms with Crippen LogP contribution in [-0.4, -0.2) is 66.8 Å². The number of aromatic nitrogens is 6. The van der Waals surface area contributed by atoms with E-state index < -0.39 is 0 Å². The number of amides is 1. The van der Waals surface area contributed by atoms with Crippen LogP contribution in [0.2, 0.25) is 0 Å². The van der Waals surface area contributed by atoms with Gasteiger partial charge >= 0.3 is 0 Å². The van der Waals surface area contributed by atoms with Crippen molar-refractivity contribution >= 4 is 28.2 Å². The highest BCUT2D eigenvalue weighted by atomic mass is 32.1. The molecule has 3 aromatic heterocycles. The molecule has 0 unspecified atom stereocenters. The highest BCUT2D eigenvalue weighted by molar-refractivity contribution is 7.16. The van der Waals surface area contributed by atoms with Crippen LogP contribution in [0.1, 0.15) is 36.0 Å². The van der Waals surface area contributed by atoms with E-state index in [0.717, 1.165) is 34.8 Å². The van der Waals surface area contributed by atoms with Gasteiger partial charge in [-0.05, 0) is 18.9 Å². The summed E-state index contributed by atoms with van der Waals surface area (Å²) in [4.78, 5) is 26.0. The van der Waals surface area contributed by atoms with Crippen molar-refractivity contribution in [2.24, 2.45) is 0 Å². The summed E-state index contributed by atoms with van der Waals surface area (Å²) in [5.41, 5.74) is 0. The summed E-state index contributed by atoms with van der Waals surface area (Å²) >= 11 is 1.53. The number of hydrogen-bond donors (Lipinski definition) is 0. The van der Waals surface area contributed by atoms with E-state index in [4.69, 9.17) is 0 Å². The van der Waals surface area contributed by atoms with Crippen molar-refractivity contribution in [1.82, 2.24) is 34.7 Å². The lowest BCUT2D eigenvalue weighted by atomic mass is 10.2. The molecule has 10 heteroatoms. The summed E-state index contributed by atoms with van der Waals surface area (Å²) < 4.78 is 1.86. The van der Waals surface area contributed by atoms with Crippen LogP contribution in [0.15, 0.2) is 18.5 Å². The van der Waals surface area contributed by atoms with Crippen LogP contribution in [-0.2, 0) is 11.2 Å². The number of hydrogen-bond acceptors (Lipinski definition) is 8. The van der Waals surface area contributed by atoms with E-state index in [2.05, 4.69) is 30.2 Å². The summed E-state index contributed by atoms with van der Waals surface area (Å²) in [6, 6.07) is 1.81. The van der Waals surface area contributed by atoms with Crippen LogP contribution in [0.5, 0.6) is 0 Å². The number of aryl methyl sites for hydroxylation is 1. The van der Waals surface area contributed by atoms with E-state index in [0.29, 0.717) is 31.8 Å². The van der Waals surface area contributed by atoms with Crippen molar-refractivity contribution in [3.8, 4) is 0 Å². The molecule has 2 aliphatic rings. The number of carbonyl (C=O) groups excluding carboxylic acids is 1. The lowest BCUT2D eigenvalue weighted by Crippen LogP contribution is -2.49. The number of piperazine rings is 1. The van der Waals surface area contributed by atoms with Crippen molar-refractivity contribution < 1.29 is 4.79 Å². The van der Waals surface area contributed by atoms with E-state index in [1.54, 1.807) is 12.4 Å². The summed E-state index contributed by atoms with van der Waals surface area (Å²) in [6.45, 7) is 2.93. The Morgan fingerprint density at radius 1 is 1.11 bits per heavy atom. The minimum atomic E-state index is 0.178. The lowest BCUT2D eigenvalue weighted by molar-refractivity contribution is -0.131. The first-order chi connectivity index (χ1) is 13.3. The van der Waals surface area contributed by atoms with Crippen molar-refractivity contribution in [3.63, 3.8) is 0 Å². The second-order valence-electron chi connectivity index (χ2n) is 6.94. The Balaban J connectivity index is 1.16. The largest absolute Gasteiger partial charge is 0.339 e. The second-order valence-corrected chi connectivity index (χ2v) is 7.98. The number of anilines is 1. The van der Waals surface area contributed by atoms with Gasteiger partial charge in [0.15, 0.2) is 5.82 Å². The summed E-state index contributed by atoms with van der Waals surface area (Å²) in [5, 5.41) is 14.0. The zero-order valence-electron chi connectivity index (χ0n) is 14.9. The molecule has 140 valence electrons. The first-order valence-electron chi connectivity index (χ1n) is 9.29. The zero-order chi connectivity index (χ0) is 18.2. The predicted octanol–water partition coefficient (Wildman–Crippen LogP) is 1.13. The zero-order valence-corrected chi connectivity index (χ0v) is 15.7.